The van der Waals surface area contributed by atoms with Crippen LogP contribution in [0.5, 0.6) is 0 Å². The van der Waals surface area contributed by atoms with E-state index in [1.54, 1.807) is 29.7 Å². The van der Waals surface area contributed by atoms with Crippen molar-refractivity contribution in [2.24, 2.45) is 7.05 Å². The smallest absolute Gasteiger partial charge is 0.242 e. The van der Waals surface area contributed by atoms with Gasteiger partial charge in [-0.2, -0.15) is 5.10 Å². The van der Waals surface area contributed by atoms with Gasteiger partial charge in [0.25, 0.3) is 0 Å². The van der Waals surface area contributed by atoms with E-state index in [0.29, 0.717) is 0 Å². The fraction of sp³-hybridized carbons (Fsp3) is 0.333. The fourth-order valence-electron chi connectivity index (χ4n) is 2.58. The molecule has 1 aliphatic heterocycles. The molecule has 0 saturated heterocycles. The number of nitrogens with one attached hydrogen (secondary N) is 2. The Hall–Kier alpha value is -1.50. The van der Waals surface area contributed by atoms with Crippen LogP contribution in [0.15, 0.2) is 41.6 Å². The first-order valence-electron chi connectivity index (χ1n) is 6.87. The third-order valence-electron chi connectivity index (χ3n) is 3.63. The summed E-state index contributed by atoms with van der Waals surface area (Å²) < 4.78 is 1.70. The Morgan fingerprint density at radius 3 is 2.91 bits per heavy atom. The zero-order chi connectivity index (χ0) is 14.8. The Morgan fingerprint density at radius 2 is 2.23 bits per heavy atom. The topological polar surface area (TPSA) is 59.0 Å². The molecule has 0 saturated carbocycles. The highest BCUT2D eigenvalue weighted by Gasteiger charge is 2.27. The second kappa shape index (κ2) is 7.17. The summed E-state index contributed by atoms with van der Waals surface area (Å²) in [5.41, 5.74) is 2.08. The summed E-state index contributed by atoms with van der Waals surface area (Å²) in [6, 6.07) is 7.92. The third-order valence-corrected chi connectivity index (χ3v) is 4.81. The number of amides is 1. The highest BCUT2D eigenvalue weighted by atomic mass is 35.5. The summed E-state index contributed by atoms with van der Waals surface area (Å²) in [5.74, 6) is 0.863. The first-order valence-corrected chi connectivity index (χ1v) is 7.85. The Labute approximate surface area is 140 Å². The minimum Gasteiger partial charge on any atom is -0.347 e. The van der Waals surface area contributed by atoms with Gasteiger partial charge < -0.3 is 10.6 Å². The Kier molecular flexibility index (Phi) is 5.50. The lowest BCUT2D eigenvalue weighted by molar-refractivity contribution is -0.123. The standard InChI is InChI=1S/C15H18N4OS.ClH/c1-16-14(10-7-17-19(2)8-10)15(20)18-12-9-21-13-6-4-3-5-11(12)13;/h3-8,12,14,16H,9H2,1-2H3,(H,18,20);1H. The molecule has 118 valence electrons. The predicted octanol–water partition coefficient (Wildman–Crippen LogP) is 2.07. The van der Waals surface area contributed by atoms with Crippen molar-refractivity contribution in [3.8, 4) is 0 Å². The molecule has 2 unspecified atom stereocenters. The van der Waals surface area contributed by atoms with E-state index >= 15 is 0 Å². The average molecular weight is 339 g/mol. The number of carbonyl (C=O) groups excluding carboxylic acids is 1. The SMILES string of the molecule is CNC(C(=O)NC1CSc2ccccc21)c1cnn(C)c1.Cl. The van der Waals surface area contributed by atoms with Gasteiger partial charge in [0.05, 0.1) is 12.2 Å². The van der Waals surface area contributed by atoms with Gasteiger partial charge in [-0.1, -0.05) is 18.2 Å². The summed E-state index contributed by atoms with van der Waals surface area (Å²) in [5, 5.41) is 10.3. The Morgan fingerprint density at radius 1 is 1.45 bits per heavy atom. The monoisotopic (exact) mass is 338 g/mol. The van der Waals surface area contributed by atoms with Crippen LogP contribution in [0.3, 0.4) is 0 Å². The number of hydrogen-bond acceptors (Lipinski definition) is 4. The molecule has 0 spiro atoms. The highest BCUT2D eigenvalue weighted by Crippen LogP contribution is 2.37. The van der Waals surface area contributed by atoms with Gasteiger partial charge in [-0.15, -0.1) is 24.2 Å². The van der Waals surface area contributed by atoms with Gasteiger partial charge in [-0.25, -0.2) is 0 Å². The largest absolute Gasteiger partial charge is 0.347 e. The lowest BCUT2D eigenvalue weighted by Gasteiger charge is -2.19. The average Bonchev–Trinajstić information content (AvgIpc) is 3.07. The first-order chi connectivity index (χ1) is 10.2. The molecule has 1 amide bonds. The summed E-state index contributed by atoms with van der Waals surface area (Å²) in [7, 11) is 3.63. The van der Waals surface area contributed by atoms with Crippen LogP contribution in [0.2, 0.25) is 0 Å². The number of fused-ring (bicyclic) bond motifs is 1. The van der Waals surface area contributed by atoms with Crippen molar-refractivity contribution in [2.45, 2.75) is 17.0 Å². The van der Waals surface area contributed by atoms with Crippen molar-refractivity contribution in [2.75, 3.05) is 12.8 Å². The molecule has 1 aromatic heterocycles. The van der Waals surface area contributed by atoms with Crippen molar-refractivity contribution in [3.05, 3.63) is 47.8 Å². The van der Waals surface area contributed by atoms with E-state index in [-0.39, 0.29) is 30.4 Å². The molecule has 5 nitrogen and oxygen atoms in total. The molecule has 7 heteroatoms. The van der Waals surface area contributed by atoms with Crippen LogP contribution in [0.4, 0.5) is 0 Å². The second-order valence-electron chi connectivity index (χ2n) is 5.08. The van der Waals surface area contributed by atoms with Gasteiger partial charge in [0.15, 0.2) is 0 Å². The van der Waals surface area contributed by atoms with Gasteiger partial charge in [0.1, 0.15) is 6.04 Å². The van der Waals surface area contributed by atoms with Crippen LogP contribution in [0.25, 0.3) is 0 Å². The van der Waals surface area contributed by atoms with Crippen molar-refractivity contribution < 1.29 is 4.79 Å². The molecule has 2 aromatic rings. The van der Waals surface area contributed by atoms with Gasteiger partial charge in [-0.3, -0.25) is 9.48 Å². The van der Waals surface area contributed by atoms with Crippen molar-refractivity contribution >= 4 is 30.1 Å². The third kappa shape index (κ3) is 3.29. The maximum absolute atomic E-state index is 12.5. The van der Waals surface area contributed by atoms with E-state index in [4.69, 9.17) is 0 Å². The van der Waals surface area contributed by atoms with E-state index in [0.717, 1.165) is 11.3 Å². The van der Waals surface area contributed by atoms with Crippen LogP contribution in [-0.2, 0) is 11.8 Å². The van der Waals surface area contributed by atoms with Gasteiger partial charge in [0.2, 0.25) is 5.91 Å². The summed E-state index contributed by atoms with van der Waals surface area (Å²) in [6.45, 7) is 0. The van der Waals surface area contributed by atoms with Crippen LogP contribution in [0, 0.1) is 0 Å². The van der Waals surface area contributed by atoms with Crippen molar-refractivity contribution in [1.29, 1.82) is 0 Å². The number of aromatic nitrogens is 2. The van der Waals surface area contributed by atoms with Gasteiger partial charge >= 0.3 is 0 Å². The Bertz CT molecular complexity index is 660. The molecule has 0 aliphatic carbocycles. The van der Waals surface area contributed by atoms with E-state index in [1.165, 1.54) is 10.5 Å². The van der Waals surface area contributed by atoms with Gasteiger partial charge in [-0.05, 0) is 18.7 Å². The van der Waals surface area contributed by atoms with E-state index in [1.807, 2.05) is 25.4 Å². The molecule has 0 bridgehead atoms. The minimum absolute atomic E-state index is 0. The van der Waals surface area contributed by atoms with E-state index in [9.17, 15) is 4.79 Å². The molecule has 1 aliphatic rings. The molecular weight excluding hydrogens is 320 g/mol. The number of thioether (sulfide) groups is 1. The predicted molar refractivity (Wildman–Crippen MR) is 90.3 cm³/mol. The maximum Gasteiger partial charge on any atom is 0.242 e. The molecular formula is C15H19ClN4OS. The highest BCUT2D eigenvalue weighted by molar-refractivity contribution is 7.99. The fourth-order valence-corrected chi connectivity index (χ4v) is 3.74. The lowest BCUT2D eigenvalue weighted by Crippen LogP contribution is -2.38. The number of benzene rings is 1. The van der Waals surface area contributed by atoms with Crippen molar-refractivity contribution in [1.82, 2.24) is 20.4 Å². The molecule has 3 rings (SSSR count). The van der Waals surface area contributed by atoms with Crippen LogP contribution < -0.4 is 10.6 Å². The number of rotatable bonds is 4. The summed E-state index contributed by atoms with van der Waals surface area (Å²) in [6.07, 6.45) is 3.58. The van der Waals surface area contributed by atoms with Gasteiger partial charge in [0, 0.05) is 29.5 Å². The van der Waals surface area contributed by atoms with Crippen molar-refractivity contribution in [3.63, 3.8) is 0 Å². The maximum atomic E-state index is 12.5. The number of hydrogen-bond donors (Lipinski definition) is 2. The Balaban J connectivity index is 0.00000176. The number of aryl methyl sites for hydroxylation is 1. The zero-order valence-electron chi connectivity index (χ0n) is 12.4. The summed E-state index contributed by atoms with van der Waals surface area (Å²) >= 11 is 1.79. The second-order valence-corrected chi connectivity index (χ2v) is 6.14. The molecule has 22 heavy (non-hydrogen) atoms. The normalized spacial score (nSPS) is 17.5. The lowest BCUT2D eigenvalue weighted by atomic mass is 10.1. The van der Waals surface area contributed by atoms with E-state index in [2.05, 4.69) is 27.9 Å². The van der Waals surface area contributed by atoms with Crippen LogP contribution >= 0.6 is 24.2 Å². The van der Waals surface area contributed by atoms with E-state index < -0.39 is 0 Å². The quantitative estimate of drug-likeness (QED) is 0.896. The summed E-state index contributed by atoms with van der Waals surface area (Å²) in [4.78, 5) is 13.8. The van der Waals surface area contributed by atoms with Crippen LogP contribution in [-0.4, -0.2) is 28.5 Å². The number of halogens is 1. The first kappa shape index (κ1) is 16.9. The molecule has 2 atom stereocenters. The number of nitrogens with zero attached hydrogens (tertiary/aromatic N) is 2. The number of likely N-dealkylation sites (N-methyl/N-ethyl adjacent to an activating group) is 1. The zero-order valence-corrected chi connectivity index (χ0v) is 14.1. The molecule has 0 fully saturated rings. The molecule has 0 radical (unpaired) electrons. The minimum atomic E-state index is -0.378. The van der Waals surface area contributed by atoms with Crippen LogP contribution in [0.1, 0.15) is 23.2 Å². The molecule has 1 aromatic carbocycles. The molecule has 2 N–H and O–H groups in total. The number of carbonyl (C=O) groups is 1. The molecule has 2 heterocycles.